The predicted octanol–water partition coefficient (Wildman–Crippen LogP) is 4.62. The predicted molar refractivity (Wildman–Crippen MR) is 135 cm³/mol. The Morgan fingerprint density at radius 1 is 1.06 bits per heavy atom. The number of sulfonamides is 1. The fraction of sp³-hybridized carbons (Fsp3) is 0.240. The van der Waals surface area contributed by atoms with Crippen LogP contribution in [0.5, 0.6) is 0 Å². The largest absolute Gasteiger partial charge is 0.445 e. The number of oxazole rings is 1. The Morgan fingerprint density at radius 2 is 1.86 bits per heavy atom. The molecule has 2 aromatic heterocycles. The van der Waals surface area contributed by atoms with Gasteiger partial charge in [0.25, 0.3) is 10.0 Å². The highest BCUT2D eigenvalue weighted by Crippen LogP contribution is 2.34. The molecule has 36 heavy (non-hydrogen) atoms. The molecule has 0 fully saturated rings. The highest BCUT2D eigenvalue weighted by atomic mass is 32.2. The minimum Gasteiger partial charge on any atom is -0.445 e. The van der Waals surface area contributed by atoms with Crippen LogP contribution in [-0.4, -0.2) is 31.1 Å². The van der Waals surface area contributed by atoms with Crippen LogP contribution in [0.2, 0.25) is 0 Å². The van der Waals surface area contributed by atoms with Gasteiger partial charge in [-0.1, -0.05) is 36.3 Å². The summed E-state index contributed by atoms with van der Waals surface area (Å²) in [7, 11) is -4.03. The van der Waals surface area contributed by atoms with Crippen LogP contribution in [-0.2, 0) is 16.6 Å². The number of carbonyl (C=O) groups is 1. The normalized spacial score (nSPS) is 11.3. The van der Waals surface area contributed by atoms with E-state index in [-0.39, 0.29) is 23.4 Å². The third-order valence-electron chi connectivity index (χ3n) is 5.61. The topological polar surface area (TPSA) is 139 Å². The van der Waals surface area contributed by atoms with Gasteiger partial charge in [0.2, 0.25) is 11.8 Å². The fourth-order valence-electron chi connectivity index (χ4n) is 3.59. The Hall–Kier alpha value is -4.12. The third kappa shape index (κ3) is 5.41. The lowest BCUT2D eigenvalue weighted by atomic mass is 9.97. The van der Waals surface area contributed by atoms with E-state index < -0.39 is 10.0 Å². The molecule has 10 nitrogen and oxygen atoms in total. The zero-order valence-corrected chi connectivity index (χ0v) is 21.0. The van der Waals surface area contributed by atoms with E-state index >= 15 is 0 Å². The monoisotopic (exact) mass is 509 g/mol. The van der Waals surface area contributed by atoms with Gasteiger partial charge in [0.15, 0.2) is 0 Å². The number of rotatable bonds is 9. The number of aromatic nitrogens is 2. The molecule has 0 atom stereocenters. The van der Waals surface area contributed by atoms with Crippen LogP contribution >= 0.6 is 0 Å². The van der Waals surface area contributed by atoms with Crippen LogP contribution < -0.4 is 15.4 Å². The average Bonchev–Trinajstić information content (AvgIpc) is 3.52. The first-order valence-electron chi connectivity index (χ1n) is 11.4. The fourth-order valence-corrected chi connectivity index (χ4v) is 4.86. The standard InChI is InChI=1S/C25H27N5O5S/c1-4-11-27-25(31)28-15-19-14-18(24-26-12-13-34-24)9-10-20(19)21-7-5-6-8-22(21)36(32,33)30-23-16(2)17(3)29-35-23/h5-10,12-14,30H,4,11,15H2,1-3H3,(H2,27,28,31). The van der Waals surface area contributed by atoms with Crippen LogP contribution in [0.25, 0.3) is 22.6 Å². The molecule has 2 aromatic carbocycles. The Kier molecular flexibility index (Phi) is 7.39. The number of hydrogen-bond acceptors (Lipinski definition) is 7. The number of nitrogens with one attached hydrogen (secondary N) is 3. The van der Waals surface area contributed by atoms with Gasteiger partial charge in [-0.15, -0.1) is 0 Å². The van der Waals surface area contributed by atoms with Crippen LogP contribution in [0.15, 0.2) is 68.8 Å². The highest BCUT2D eigenvalue weighted by molar-refractivity contribution is 7.92. The maximum Gasteiger partial charge on any atom is 0.315 e. The molecule has 0 saturated carbocycles. The molecule has 0 aliphatic rings. The van der Waals surface area contributed by atoms with Gasteiger partial charge in [-0.25, -0.2) is 22.9 Å². The van der Waals surface area contributed by atoms with Crippen molar-refractivity contribution in [3.63, 3.8) is 0 Å². The number of carbonyl (C=O) groups excluding carboxylic acids is 1. The van der Waals surface area contributed by atoms with Crippen LogP contribution in [0, 0.1) is 13.8 Å². The van der Waals surface area contributed by atoms with E-state index in [1.54, 1.807) is 50.4 Å². The first kappa shape index (κ1) is 25.0. The molecule has 4 aromatic rings. The number of anilines is 1. The van der Waals surface area contributed by atoms with Gasteiger partial charge in [-0.2, -0.15) is 0 Å². The minimum absolute atomic E-state index is 0.0546. The van der Waals surface area contributed by atoms with Crippen LogP contribution in [0.1, 0.15) is 30.2 Å². The molecule has 188 valence electrons. The highest BCUT2D eigenvalue weighted by Gasteiger charge is 2.24. The summed E-state index contributed by atoms with van der Waals surface area (Å²) in [5, 5.41) is 9.43. The van der Waals surface area contributed by atoms with E-state index in [0.29, 0.717) is 45.9 Å². The summed E-state index contributed by atoms with van der Waals surface area (Å²) in [4.78, 5) is 16.5. The maximum atomic E-state index is 13.4. The van der Waals surface area contributed by atoms with Gasteiger partial charge >= 0.3 is 6.03 Å². The van der Waals surface area contributed by atoms with Crippen molar-refractivity contribution in [2.45, 2.75) is 38.6 Å². The van der Waals surface area contributed by atoms with Gasteiger partial charge in [0.05, 0.1) is 16.8 Å². The number of benzene rings is 2. The third-order valence-corrected chi connectivity index (χ3v) is 7.00. The average molecular weight is 510 g/mol. The van der Waals surface area contributed by atoms with Gasteiger partial charge in [0.1, 0.15) is 6.26 Å². The molecule has 3 N–H and O–H groups in total. The second kappa shape index (κ2) is 10.6. The molecular formula is C25H27N5O5S. The quantitative estimate of drug-likeness (QED) is 0.299. The summed E-state index contributed by atoms with van der Waals surface area (Å²) in [6.07, 6.45) is 3.82. The number of hydrogen-bond donors (Lipinski definition) is 3. The van der Waals surface area contributed by atoms with Crippen molar-refractivity contribution in [3.8, 4) is 22.6 Å². The first-order valence-corrected chi connectivity index (χ1v) is 12.9. The number of aryl methyl sites for hydroxylation is 1. The van der Waals surface area contributed by atoms with Crippen LogP contribution in [0.4, 0.5) is 10.7 Å². The van der Waals surface area contributed by atoms with Crippen molar-refractivity contribution in [1.29, 1.82) is 0 Å². The number of urea groups is 1. The van der Waals surface area contributed by atoms with Crippen molar-refractivity contribution < 1.29 is 22.2 Å². The number of amides is 2. The molecule has 2 amide bonds. The lowest BCUT2D eigenvalue weighted by Gasteiger charge is -2.16. The van der Waals surface area contributed by atoms with Crippen molar-refractivity contribution in [2.24, 2.45) is 0 Å². The molecule has 0 saturated heterocycles. The van der Waals surface area contributed by atoms with Crippen molar-refractivity contribution in [2.75, 3.05) is 11.3 Å². The van der Waals surface area contributed by atoms with Gasteiger partial charge < -0.3 is 19.6 Å². The van der Waals surface area contributed by atoms with Gasteiger partial charge in [0, 0.05) is 29.8 Å². The summed E-state index contributed by atoms with van der Waals surface area (Å²) < 4.78 is 39.9. The molecule has 0 aliphatic heterocycles. The summed E-state index contributed by atoms with van der Waals surface area (Å²) in [5.41, 5.74) is 3.68. The molecule has 0 spiro atoms. The molecule has 0 aliphatic carbocycles. The second-order valence-corrected chi connectivity index (χ2v) is 9.79. The lowest BCUT2D eigenvalue weighted by molar-refractivity contribution is 0.240. The summed E-state index contributed by atoms with van der Waals surface area (Å²) in [6.45, 7) is 6.12. The maximum absolute atomic E-state index is 13.4. The molecule has 11 heteroatoms. The summed E-state index contributed by atoms with van der Waals surface area (Å²) in [5.74, 6) is 0.480. The van der Waals surface area contributed by atoms with Gasteiger partial charge in [-0.3, -0.25) is 0 Å². The molecule has 0 unspecified atom stereocenters. The zero-order valence-electron chi connectivity index (χ0n) is 20.2. The SMILES string of the molecule is CCCNC(=O)NCc1cc(-c2ncco2)ccc1-c1ccccc1S(=O)(=O)Nc1onc(C)c1C. The summed E-state index contributed by atoms with van der Waals surface area (Å²) >= 11 is 0. The minimum atomic E-state index is -4.03. The Bertz CT molecular complexity index is 1460. The van der Waals surface area contributed by atoms with E-state index in [4.69, 9.17) is 8.94 Å². The summed E-state index contributed by atoms with van der Waals surface area (Å²) in [6, 6.07) is 11.7. The lowest BCUT2D eigenvalue weighted by Crippen LogP contribution is -2.35. The van der Waals surface area contributed by atoms with E-state index in [2.05, 4.69) is 25.5 Å². The van der Waals surface area contributed by atoms with E-state index in [1.807, 2.05) is 13.0 Å². The van der Waals surface area contributed by atoms with Gasteiger partial charge in [-0.05, 0) is 49.6 Å². The first-order chi connectivity index (χ1) is 17.3. The van der Waals surface area contributed by atoms with Crippen LogP contribution in [0.3, 0.4) is 0 Å². The molecular weight excluding hydrogens is 482 g/mol. The smallest absolute Gasteiger partial charge is 0.315 e. The second-order valence-electron chi connectivity index (χ2n) is 8.14. The molecule has 2 heterocycles. The van der Waals surface area contributed by atoms with E-state index in [1.165, 1.54) is 12.3 Å². The van der Waals surface area contributed by atoms with Crippen molar-refractivity contribution >= 4 is 21.9 Å². The Morgan fingerprint density at radius 3 is 2.56 bits per heavy atom. The van der Waals surface area contributed by atoms with Crippen molar-refractivity contribution in [3.05, 3.63) is 71.7 Å². The van der Waals surface area contributed by atoms with E-state index in [9.17, 15) is 13.2 Å². The molecule has 0 bridgehead atoms. The molecule has 4 rings (SSSR count). The van der Waals surface area contributed by atoms with Crippen molar-refractivity contribution in [1.82, 2.24) is 20.8 Å². The Labute approximate surface area is 209 Å². The Balaban J connectivity index is 1.75. The molecule has 0 radical (unpaired) electrons. The zero-order chi connectivity index (χ0) is 25.7. The number of nitrogens with zero attached hydrogens (tertiary/aromatic N) is 2. The van der Waals surface area contributed by atoms with E-state index in [0.717, 1.165) is 6.42 Å².